The number of hydrogen-bond donors (Lipinski definition) is 0. The van der Waals surface area contributed by atoms with Crippen LogP contribution in [0.5, 0.6) is 0 Å². The van der Waals surface area contributed by atoms with E-state index in [1.54, 1.807) is 28.9 Å². The minimum Gasteiger partial charge on any atom is -0.347 e. The van der Waals surface area contributed by atoms with Gasteiger partial charge in [-0.25, -0.2) is 0 Å². The van der Waals surface area contributed by atoms with Crippen LogP contribution in [0.1, 0.15) is 25.0 Å². The number of amides is 2. The molecule has 1 aliphatic rings. The number of nitrogens with zero attached hydrogens (tertiary/aromatic N) is 4. The van der Waals surface area contributed by atoms with E-state index in [9.17, 15) is 9.59 Å². The Kier molecular flexibility index (Phi) is 7.63. The quantitative estimate of drug-likeness (QED) is 0.475. The third-order valence-electron chi connectivity index (χ3n) is 6.50. The molecule has 1 saturated heterocycles. The lowest BCUT2D eigenvalue weighted by Gasteiger charge is -2.33. The van der Waals surface area contributed by atoms with Gasteiger partial charge in [-0.3, -0.25) is 9.59 Å². The van der Waals surface area contributed by atoms with Gasteiger partial charge in [0.1, 0.15) is 0 Å². The average molecular weight is 492 g/mol. The van der Waals surface area contributed by atoms with Gasteiger partial charge in [0, 0.05) is 81.0 Å². The van der Waals surface area contributed by atoms with Crippen LogP contribution < -0.4 is 0 Å². The normalized spacial score (nSPS) is 14.5. The maximum atomic E-state index is 12.9. The van der Waals surface area contributed by atoms with Crippen molar-refractivity contribution in [2.24, 2.45) is 0 Å². The Balaban J connectivity index is 1.70. The Morgan fingerprint density at radius 3 is 2.49 bits per heavy atom. The van der Waals surface area contributed by atoms with E-state index in [4.69, 9.17) is 11.6 Å². The number of aromatic nitrogens is 1. The summed E-state index contributed by atoms with van der Waals surface area (Å²) in [6, 6.07) is 13.2. The number of hydrogen-bond acceptors (Lipinski definition) is 3. The van der Waals surface area contributed by atoms with Gasteiger partial charge in [0.05, 0.1) is 10.5 Å². The van der Waals surface area contributed by atoms with E-state index in [2.05, 4.69) is 60.9 Å². The van der Waals surface area contributed by atoms with Gasteiger partial charge in [-0.05, 0) is 38.2 Å². The molecule has 1 fully saturated rings. The SMILES string of the molecule is CCn1cc(CN(C)C)c2cccc(-c3c(Cl)[c]ccc3/C=C/C(=O)N3CCN(C(C)=O)CC3)c21. The van der Waals surface area contributed by atoms with Crippen LogP contribution in [-0.4, -0.2) is 71.4 Å². The van der Waals surface area contributed by atoms with Crippen molar-refractivity contribution < 1.29 is 9.59 Å². The first kappa shape index (κ1) is 25.0. The van der Waals surface area contributed by atoms with Gasteiger partial charge >= 0.3 is 0 Å². The smallest absolute Gasteiger partial charge is 0.246 e. The molecule has 1 aromatic heterocycles. The lowest BCUT2D eigenvalue weighted by atomic mass is 9.96. The fourth-order valence-electron chi connectivity index (χ4n) is 4.76. The number of benzene rings is 2. The second kappa shape index (κ2) is 10.7. The Bertz CT molecular complexity index is 1270. The molecule has 2 amide bonds. The monoisotopic (exact) mass is 491 g/mol. The van der Waals surface area contributed by atoms with E-state index in [0.29, 0.717) is 31.2 Å². The summed E-state index contributed by atoms with van der Waals surface area (Å²) in [4.78, 5) is 30.2. The molecule has 7 heteroatoms. The Morgan fingerprint density at radius 1 is 1.11 bits per heavy atom. The zero-order valence-electron chi connectivity index (χ0n) is 20.8. The highest BCUT2D eigenvalue weighted by Crippen LogP contribution is 2.38. The van der Waals surface area contributed by atoms with Crippen molar-refractivity contribution in [3.05, 3.63) is 64.8 Å². The van der Waals surface area contributed by atoms with Gasteiger partial charge in [-0.1, -0.05) is 41.9 Å². The molecule has 0 aliphatic carbocycles. The third kappa shape index (κ3) is 5.29. The number of rotatable bonds is 6. The van der Waals surface area contributed by atoms with E-state index in [1.807, 2.05) is 12.1 Å². The van der Waals surface area contributed by atoms with E-state index in [-0.39, 0.29) is 11.8 Å². The van der Waals surface area contributed by atoms with E-state index >= 15 is 0 Å². The molecule has 1 radical (unpaired) electrons. The molecule has 183 valence electrons. The highest BCUT2D eigenvalue weighted by Gasteiger charge is 2.21. The summed E-state index contributed by atoms with van der Waals surface area (Å²) in [7, 11) is 4.14. The number of para-hydroxylation sites is 1. The van der Waals surface area contributed by atoms with Gasteiger partial charge < -0.3 is 19.3 Å². The van der Waals surface area contributed by atoms with Crippen LogP contribution in [0.3, 0.4) is 0 Å². The minimum atomic E-state index is -0.0634. The van der Waals surface area contributed by atoms with E-state index < -0.39 is 0 Å². The number of halogens is 1. The molecule has 0 N–H and O–H groups in total. The summed E-state index contributed by atoms with van der Waals surface area (Å²) in [5.74, 6) is -0.0151. The zero-order valence-corrected chi connectivity index (χ0v) is 21.6. The minimum absolute atomic E-state index is 0.0483. The van der Waals surface area contributed by atoms with Gasteiger partial charge in [0.25, 0.3) is 0 Å². The van der Waals surface area contributed by atoms with Crippen LogP contribution in [0.2, 0.25) is 5.02 Å². The molecule has 6 nitrogen and oxygen atoms in total. The Hall–Kier alpha value is -3.09. The van der Waals surface area contributed by atoms with E-state index in [0.717, 1.165) is 35.3 Å². The summed E-state index contributed by atoms with van der Waals surface area (Å²) in [6.45, 7) is 7.60. The second-order valence-electron chi connectivity index (χ2n) is 9.17. The Labute approximate surface area is 212 Å². The van der Waals surface area contributed by atoms with Crippen molar-refractivity contribution in [1.29, 1.82) is 0 Å². The molecule has 35 heavy (non-hydrogen) atoms. The molecule has 2 aromatic carbocycles. The fraction of sp³-hybridized carbons (Fsp3) is 0.357. The van der Waals surface area contributed by atoms with Gasteiger partial charge in [0.15, 0.2) is 0 Å². The van der Waals surface area contributed by atoms with Crippen LogP contribution in [-0.2, 0) is 22.7 Å². The largest absolute Gasteiger partial charge is 0.347 e. The number of aryl methyl sites for hydroxylation is 1. The van der Waals surface area contributed by atoms with Crippen molar-refractivity contribution >= 4 is 40.4 Å². The maximum absolute atomic E-state index is 12.9. The first-order valence-corrected chi connectivity index (χ1v) is 12.4. The van der Waals surface area contributed by atoms with Gasteiger partial charge in [0.2, 0.25) is 11.8 Å². The van der Waals surface area contributed by atoms with Crippen molar-refractivity contribution in [3.63, 3.8) is 0 Å². The van der Waals surface area contributed by atoms with Gasteiger partial charge in [-0.2, -0.15) is 0 Å². The molecule has 0 bridgehead atoms. The molecular weight excluding hydrogens is 460 g/mol. The lowest BCUT2D eigenvalue weighted by molar-refractivity contribution is -0.135. The summed E-state index contributed by atoms with van der Waals surface area (Å²) in [5, 5.41) is 1.73. The fourth-order valence-corrected chi connectivity index (χ4v) is 5.03. The molecule has 0 atom stereocenters. The molecule has 4 rings (SSSR count). The predicted molar refractivity (Wildman–Crippen MR) is 142 cm³/mol. The first-order valence-electron chi connectivity index (χ1n) is 12.0. The standard InChI is InChI=1S/C28H32ClN4O2/c1-5-31-19-22(18-30(3)4)23-9-7-10-24(28(23)31)27-21(8-6-11-25(27)29)12-13-26(35)33-16-14-32(15-17-33)20(2)34/h6-10,12-13,19H,5,14-18H2,1-4H3/b13-12+. The molecule has 3 aromatic rings. The molecule has 1 aliphatic heterocycles. The van der Waals surface area contributed by atoms with Crippen LogP contribution in [0.25, 0.3) is 28.1 Å². The molecule has 0 spiro atoms. The topological polar surface area (TPSA) is 48.8 Å². The summed E-state index contributed by atoms with van der Waals surface area (Å²) >= 11 is 6.72. The second-order valence-corrected chi connectivity index (χ2v) is 9.54. The number of carbonyl (C=O) groups is 2. The Morgan fingerprint density at radius 2 is 1.83 bits per heavy atom. The van der Waals surface area contributed by atoms with Crippen LogP contribution >= 0.6 is 11.6 Å². The van der Waals surface area contributed by atoms with Crippen molar-refractivity contribution in [2.75, 3.05) is 40.3 Å². The number of carbonyl (C=O) groups excluding carboxylic acids is 2. The van der Waals surface area contributed by atoms with Crippen molar-refractivity contribution in [2.45, 2.75) is 26.9 Å². The highest BCUT2D eigenvalue weighted by atomic mass is 35.5. The number of piperazine rings is 1. The summed E-state index contributed by atoms with van der Waals surface area (Å²) < 4.78 is 2.26. The summed E-state index contributed by atoms with van der Waals surface area (Å²) in [5.41, 5.74) is 5.17. The molecule has 0 saturated carbocycles. The van der Waals surface area contributed by atoms with Crippen molar-refractivity contribution in [3.8, 4) is 11.1 Å². The zero-order chi connectivity index (χ0) is 25.1. The molecular formula is C28H32ClN4O2. The average Bonchev–Trinajstić information content (AvgIpc) is 3.20. The predicted octanol–water partition coefficient (Wildman–Crippen LogP) is 4.55. The van der Waals surface area contributed by atoms with Crippen LogP contribution in [0, 0.1) is 6.07 Å². The third-order valence-corrected chi connectivity index (χ3v) is 6.80. The molecule has 2 heterocycles. The van der Waals surface area contributed by atoms with Crippen molar-refractivity contribution in [1.82, 2.24) is 19.3 Å². The highest BCUT2D eigenvalue weighted by molar-refractivity contribution is 6.34. The van der Waals surface area contributed by atoms with E-state index in [1.165, 1.54) is 10.9 Å². The lowest BCUT2D eigenvalue weighted by Crippen LogP contribution is -2.49. The maximum Gasteiger partial charge on any atom is 0.246 e. The molecule has 0 unspecified atom stereocenters. The number of fused-ring (bicyclic) bond motifs is 1. The van der Waals surface area contributed by atoms with Crippen LogP contribution in [0.15, 0.2) is 42.6 Å². The first-order chi connectivity index (χ1) is 16.8. The van der Waals surface area contributed by atoms with Gasteiger partial charge in [-0.15, -0.1) is 0 Å². The summed E-state index contributed by atoms with van der Waals surface area (Å²) in [6.07, 6.45) is 5.66. The van der Waals surface area contributed by atoms with Crippen LogP contribution in [0.4, 0.5) is 0 Å².